The zero-order chi connectivity index (χ0) is 13.8. The molecule has 0 aliphatic heterocycles. The topological polar surface area (TPSA) is 74.3 Å². The van der Waals surface area contributed by atoms with Crippen molar-refractivity contribution >= 4 is 11.8 Å². The highest BCUT2D eigenvalue weighted by molar-refractivity contribution is 5.94. The summed E-state index contributed by atoms with van der Waals surface area (Å²) in [5.41, 5.74) is 5.78. The quantitative estimate of drug-likeness (QED) is 0.335. The van der Waals surface area contributed by atoms with Crippen molar-refractivity contribution in [1.82, 2.24) is 5.32 Å². The fraction of sp³-hybridized carbons (Fsp3) is 0.857. The molecule has 4 N–H and O–H groups in total. The SMILES string of the molecule is CCCCN/C(N)=N/C(=N)C(CCC)CCCC. The van der Waals surface area contributed by atoms with Crippen LogP contribution in [0, 0.1) is 11.3 Å². The van der Waals surface area contributed by atoms with Gasteiger partial charge >= 0.3 is 0 Å². The Balaban J connectivity index is 4.23. The molecule has 0 saturated heterocycles. The van der Waals surface area contributed by atoms with E-state index in [9.17, 15) is 0 Å². The van der Waals surface area contributed by atoms with Crippen LogP contribution in [0.15, 0.2) is 4.99 Å². The second-order valence-corrected chi connectivity index (χ2v) is 4.79. The molecule has 0 fully saturated rings. The summed E-state index contributed by atoms with van der Waals surface area (Å²) in [6.45, 7) is 7.31. The highest BCUT2D eigenvalue weighted by Gasteiger charge is 2.13. The molecule has 0 saturated carbocycles. The van der Waals surface area contributed by atoms with E-state index in [0.29, 0.717) is 11.8 Å². The molecule has 0 aromatic heterocycles. The molecule has 0 spiro atoms. The molecule has 106 valence electrons. The zero-order valence-corrected chi connectivity index (χ0v) is 12.3. The maximum Gasteiger partial charge on any atom is 0.195 e. The van der Waals surface area contributed by atoms with Gasteiger partial charge in [-0.25, -0.2) is 4.99 Å². The number of hydrogen-bond donors (Lipinski definition) is 3. The van der Waals surface area contributed by atoms with E-state index in [4.69, 9.17) is 11.1 Å². The first-order valence-corrected chi connectivity index (χ1v) is 7.32. The Morgan fingerprint density at radius 1 is 1.11 bits per heavy atom. The van der Waals surface area contributed by atoms with Crippen LogP contribution in [0.5, 0.6) is 0 Å². The molecule has 0 amide bonds. The van der Waals surface area contributed by atoms with Crippen LogP contribution >= 0.6 is 0 Å². The van der Waals surface area contributed by atoms with Crippen molar-refractivity contribution in [2.75, 3.05) is 6.54 Å². The monoisotopic (exact) mass is 254 g/mol. The summed E-state index contributed by atoms with van der Waals surface area (Å²) in [7, 11) is 0. The second kappa shape index (κ2) is 11.1. The molecule has 0 aliphatic rings. The number of nitrogens with two attached hydrogens (primary N) is 1. The fourth-order valence-corrected chi connectivity index (χ4v) is 1.87. The number of nitrogens with zero attached hydrogens (tertiary/aromatic N) is 1. The molecule has 0 aromatic rings. The third-order valence-electron chi connectivity index (χ3n) is 3.01. The molecule has 0 aliphatic carbocycles. The lowest BCUT2D eigenvalue weighted by molar-refractivity contribution is 0.533. The smallest absolute Gasteiger partial charge is 0.195 e. The van der Waals surface area contributed by atoms with Gasteiger partial charge in [-0.3, -0.25) is 5.41 Å². The van der Waals surface area contributed by atoms with Gasteiger partial charge in [0.1, 0.15) is 5.84 Å². The third-order valence-corrected chi connectivity index (χ3v) is 3.01. The Labute approximate surface area is 112 Å². The van der Waals surface area contributed by atoms with E-state index < -0.39 is 0 Å². The van der Waals surface area contributed by atoms with Gasteiger partial charge in [0.05, 0.1) is 0 Å². The number of rotatable bonds is 9. The lowest BCUT2D eigenvalue weighted by atomic mass is 9.96. The minimum absolute atomic E-state index is 0.265. The summed E-state index contributed by atoms with van der Waals surface area (Å²) in [6.07, 6.45) is 7.71. The minimum Gasteiger partial charge on any atom is -0.370 e. The minimum atomic E-state index is 0.265. The van der Waals surface area contributed by atoms with Crippen LogP contribution in [0.4, 0.5) is 0 Å². The van der Waals surface area contributed by atoms with E-state index in [1.807, 2.05) is 0 Å². The van der Waals surface area contributed by atoms with E-state index in [0.717, 1.165) is 45.1 Å². The van der Waals surface area contributed by atoms with Crippen LogP contribution in [-0.2, 0) is 0 Å². The standard InChI is InChI=1S/C14H30N4/c1-4-7-10-12(9-6-3)13(15)18-14(16)17-11-8-5-2/h12H,4-11H2,1-3H3,(H4,15,16,17,18). The van der Waals surface area contributed by atoms with E-state index in [1.54, 1.807) is 0 Å². The van der Waals surface area contributed by atoms with Gasteiger partial charge in [-0.05, 0) is 19.3 Å². The average molecular weight is 254 g/mol. The maximum absolute atomic E-state index is 8.03. The molecule has 0 aromatic carbocycles. The Kier molecular flexibility index (Phi) is 10.4. The van der Waals surface area contributed by atoms with Crippen LogP contribution in [-0.4, -0.2) is 18.3 Å². The first kappa shape index (κ1) is 16.9. The van der Waals surface area contributed by atoms with Gasteiger partial charge in [0.2, 0.25) is 0 Å². The first-order chi connectivity index (χ1) is 8.65. The maximum atomic E-state index is 8.03. The normalized spacial score (nSPS) is 13.4. The van der Waals surface area contributed by atoms with Crippen molar-refractivity contribution in [3.63, 3.8) is 0 Å². The van der Waals surface area contributed by atoms with Crippen LogP contribution < -0.4 is 11.1 Å². The second-order valence-electron chi connectivity index (χ2n) is 4.79. The third kappa shape index (κ3) is 8.09. The van der Waals surface area contributed by atoms with Crippen molar-refractivity contribution < 1.29 is 0 Å². The largest absolute Gasteiger partial charge is 0.370 e. The molecular formula is C14H30N4. The van der Waals surface area contributed by atoms with Crippen molar-refractivity contribution in [2.24, 2.45) is 16.6 Å². The molecular weight excluding hydrogens is 224 g/mol. The number of amidine groups is 1. The summed E-state index contributed by atoms with van der Waals surface area (Å²) in [5, 5.41) is 11.1. The Hall–Kier alpha value is -1.06. The van der Waals surface area contributed by atoms with Gasteiger partial charge in [0.15, 0.2) is 5.96 Å². The number of nitrogens with one attached hydrogen (secondary N) is 2. The van der Waals surface area contributed by atoms with Gasteiger partial charge in [0.25, 0.3) is 0 Å². The van der Waals surface area contributed by atoms with Gasteiger partial charge in [-0.1, -0.05) is 46.5 Å². The van der Waals surface area contributed by atoms with Gasteiger partial charge in [-0.15, -0.1) is 0 Å². The Morgan fingerprint density at radius 2 is 1.78 bits per heavy atom. The average Bonchev–Trinajstić information content (AvgIpc) is 2.34. The van der Waals surface area contributed by atoms with Gasteiger partial charge in [0, 0.05) is 12.5 Å². The first-order valence-electron chi connectivity index (χ1n) is 7.32. The van der Waals surface area contributed by atoms with E-state index >= 15 is 0 Å². The predicted octanol–water partition coefficient (Wildman–Crippen LogP) is 3.27. The predicted molar refractivity (Wildman–Crippen MR) is 80.2 cm³/mol. The van der Waals surface area contributed by atoms with Gasteiger partial charge in [-0.2, -0.15) is 0 Å². The molecule has 18 heavy (non-hydrogen) atoms. The molecule has 0 rings (SSSR count). The van der Waals surface area contributed by atoms with Crippen LogP contribution in [0.25, 0.3) is 0 Å². The number of guanidine groups is 1. The Morgan fingerprint density at radius 3 is 2.33 bits per heavy atom. The molecule has 0 bridgehead atoms. The number of hydrogen-bond acceptors (Lipinski definition) is 1. The van der Waals surface area contributed by atoms with Crippen molar-refractivity contribution in [3.05, 3.63) is 0 Å². The zero-order valence-electron chi connectivity index (χ0n) is 12.3. The fourth-order valence-electron chi connectivity index (χ4n) is 1.87. The molecule has 4 nitrogen and oxygen atoms in total. The highest BCUT2D eigenvalue weighted by atomic mass is 15.1. The molecule has 0 heterocycles. The highest BCUT2D eigenvalue weighted by Crippen LogP contribution is 2.16. The van der Waals surface area contributed by atoms with E-state index in [-0.39, 0.29) is 5.92 Å². The summed E-state index contributed by atoms with van der Waals surface area (Å²) < 4.78 is 0. The van der Waals surface area contributed by atoms with E-state index in [2.05, 4.69) is 31.1 Å². The molecule has 4 heteroatoms. The van der Waals surface area contributed by atoms with Gasteiger partial charge < -0.3 is 11.1 Å². The van der Waals surface area contributed by atoms with Crippen molar-refractivity contribution in [3.8, 4) is 0 Å². The van der Waals surface area contributed by atoms with Crippen molar-refractivity contribution in [1.29, 1.82) is 5.41 Å². The van der Waals surface area contributed by atoms with E-state index in [1.165, 1.54) is 6.42 Å². The summed E-state index contributed by atoms with van der Waals surface area (Å²) in [5.74, 6) is 1.10. The molecule has 1 atom stereocenters. The lowest BCUT2D eigenvalue weighted by Crippen LogP contribution is -2.33. The van der Waals surface area contributed by atoms with Crippen LogP contribution in [0.3, 0.4) is 0 Å². The molecule has 0 radical (unpaired) electrons. The Bertz CT molecular complexity index is 248. The summed E-state index contributed by atoms with van der Waals surface area (Å²) in [4.78, 5) is 4.19. The molecule has 1 unspecified atom stereocenters. The van der Waals surface area contributed by atoms with Crippen LogP contribution in [0.1, 0.15) is 65.7 Å². The lowest BCUT2D eigenvalue weighted by Gasteiger charge is -2.14. The number of unbranched alkanes of at least 4 members (excludes halogenated alkanes) is 2. The number of aliphatic imine (C=N–C) groups is 1. The van der Waals surface area contributed by atoms with Crippen LogP contribution in [0.2, 0.25) is 0 Å². The summed E-state index contributed by atoms with van der Waals surface area (Å²) in [6, 6.07) is 0. The van der Waals surface area contributed by atoms with Crippen molar-refractivity contribution in [2.45, 2.75) is 65.7 Å². The summed E-state index contributed by atoms with van der Waals surface area (Å²) >= 11 is 0.